The van der Waals surface area contributed by atoms with E-state index in [-0.39, 0.29) is 30.5 Å². The Morgan fingerprint density at radius 1 is 1.42 bits per heavy atom. The molecule has 2 N–H and O–H groups in total. The van der Waals surface area contributed by atoms with Gasteiger partial charge in [-0.2, -0.15) is 0 Å². The number of hydrogen-bond acceptors (Lipinski definition) is 4. The van der Waals surface area contributed by atoms with Crippen molar-refractivity contribution in [3.8, 4) is 0 Å². The molecule has 0 bridgehead atoms. The summed E-state index contributed by atoms with van der Waals surface area (Å²) in [4.78, 5) is 11.6. The fourth-order valence-electron chi connectivity index (χ4n) is 2.00. The van der Waals surface area contributed by atoms with Gasteiger partial charge in [-0.15, -0.1) is 12.4 Å². The number of nitrogens with one attached hydrogen (secondary N) is 2. The molecule has 2 fully saturated rings. The monoisotopic (exact) mass is 292 g/mol. The van der Waals surface area contributed by atoms with Crippen molar-refractivity contribution in [3.05, 3.63) is 0 Å². The van der Waals surface area contributed by atoms with Gasteiger partial charge in [-0.1, -0.05) is 0 Å². The molecule has 0 radical (unpaired) electrons. The van der Waals surface area contributed by atoms with Crippen LogP contribution in [0.1, 0.15) is 26.2 Å². The van der Waals surface area contributed by atoms with Gasteiger partial charge in [0, 0.05) is 12.6 Å². The summed E-state index contributed by atoms with van der Waals surface area (Å²) >= 11 is 0. The van der Waals surface area contributed by atoms with Crippen molar-refractivity contribution in [2.75, 3.05) is 32.9 Å². The van der Waals surface area contributed by atoms with Crippen LogP contribution in [0.25, 0.3) is 0 Å². The Balaban J connectivity index is 0.00000180. The van der Waals surface area contributed by atoms with Crippen molar-refractivity contribution in [2.24, 2.45) is 5.92 Å². The Labute approximate surface area is 121 Å². The Kier molecular flexibility index (Phi) is 7.68. The molecular formula is C13H25ClN2O3. The average molecular weight is 293 g/mol. The van der Waals surface area contributed by atoms with Gasteiger partial charge in [-0.05, 0) is 38.6 Å². The summed E-state index contributed by atoms with van der Waals surface area (Å²) in [5, 5.41) is 6.11. The van der Waals surface area contributed by atoms with Crippen LogP contribution in [0.3, 0.4) is 0 Å². The van der Waals surface area contributed by atoms with Crippen LogP contribution in [-0.4, -0.2) is 51.0 Å². The molecular weight excluding hydrogens is 268 g/mol. The van der Waals surface area contributed by atoms with E-state index in [9.17, 15) is 4.79 Å². The molecule has 1 amide bonds. The van der Waals surface area contributed by atoms with Crippen molar-refractivity contribution in [1.29, 1.82) is 0 Å². The van der Waals surface area contributed by atoms with Crippen molar-refractivity contribution in [1.82, 2.24) is 10.6 Å². The molecule has 19 heavy (non-hydrogen) atoms. The molecule has 1 aliphatic heterocycles. The number of halogens is 1. The quantitative estimate of drug-likeness (QED) is 0.692. The highest BCUT2D eigenvalue weighted by Crippen LogP contribution is 2.27. The third-order valence-electron chi connectivity index (χ3n) is 3.29. The van der Waals surface area contributed by atoms with Gasteiger partial charge in [0.05, 0.1) is 25.9 Å². The lowest BCUT2D eigenvalue weighted by molar-refractivity contribution is -0.121. The summed E-state index contributed by atoms with van der Waals surface area (Å²) in [7, 11) is 0. The van der Waals surface area contributed by atoms with Crippen molar-refractivity contribution < 1.29 is 14.3 Å². The Morgan fingerprint density at radius 3 is 2.84 bits per heavy atom. The second-order valence-electron chi connectivity index (χ2n) is 5.36. The number of rotatable bonds is 8. The van der Waals surface area contributed by atoms with E-state index in [4.69, 9.17) is 9.47 Å². The van der Waals surface area contributed by atoms with Crippen LogP contribution < -0.4 is 10.6 Å². The maximum Gasteiger partial charge on any atom is 0.234 e. The van der Waals surface area contributed by atoms with Gasteiger partial charge in [0.25, 0.3) is 0 Å². The van der Waals surface area contributed by atoms with E-state index in [0.29, 0.717) is 19.8 Å². The Morgan fingerprint density at radius 2 is 2.21 bits per heavy atom. The second-order valence-corrected chi connectivity index (χ2v) is 5.36. The minimum absolute atomic E-state index is 0. The van der Waals surface area contributed by atoms with E-state index in [2.05, 4.69) is 10.6 Å². The van der Waals surface area contributed by atoms with Gasteiger partial charge in [0.1, 0.15) is 0 Å². The van der Waals surface area contributed by atoms with E-state index in [0.717, 1.165) is 25.5 Å². The normalized spacial score (nSPS) is 23.7. The van der Waals surface area contributed by atoms with Gasteiger partial charge in [-0.3, -0.25) is 4.79 Å². The minimum atomic E-state index is 0. The zero-order valence-corrected chi connectivity index (χ0v) is 12.3. The molecule has 1 saturated heterocycles. The lowest BCUT2D eigenvalue weighted by Crippen LogP contribution is -2.42. The average Bonchev–Trinajstić information content (AvgIpc) is 3.01. The topological polar surface area (TPSA) is 59.6 Å². The molecule has 0 spiro atoms. The maximum atomic E-state index is 11.6. The first-order valence-electron chi connectivity index (χ1n) is 6.93. The van der Waals surface area contributed by atoms with Crippen LogP contribution >= 0.6 is 12.4 Å². The first-order chi connectivity index (χ1) is 8.74. The van der Waals surface area contributed by atoms with Crippen molar-refractivity contribution >= 4 is 18.3 Å². The van der Waals surface area contributed by atoms with Gasteiger partial charge in [0.2, 0.25) is 5.91 Å². The highest BCUT2D eigenvalue weighted by atomic mass is 35.5. The summed E-state index contributed by atoms with van der Waals surface area (Å²) in [6.07, 6.45) is 3.78. The zero-order valence-electron chi connectivity index (χ0n) is 11.5. The first-order valence-corrected chi connectivity index (χ1v) is 6.93. The van der Waals surface area contributed by atoms with Crippen LogP contribution in [-0.2, 0) is 14.3 Å². The second kappa shape index (κ2) is 8.74. The molecule has 1 aliphatic carbocycles. The molecule has 0 aromatic rings. The van der Waals surface area contributed by atoms with Gasteiger partial charge >= 0.3 is 0 Å². The van der Waals surface area contributed by atoms with Crippen molar-refractivity contribution in [3.63, 3.8) is 0 Å². The van der Waals surface area contributed by atoms with E-state index < -0.39 is 0 Å². The standard InChI is InChI=1S/C13H24N2O3.ClH/c1-10(8-18-12-4-5-17-9-12)15-13(16)7-14-6-11-2-3-11;/h10-12,14H,2-9H2,1H3,(H,15,16);1H. The number of hydrogen-bond donors (Lipinski definition) is 2. The zero-order chi connectivity index (χ0) is 12.8. The van der Waals surface area contributed by atoms with E-state index in [1.54, 1.807) is 0 Å². The molecule has 2 aliphatic rings. The van der Waals surface area contributed by atoms with Crippen LogP contribution in [0.4, 0.5) is 0 Å². The van der Waals surface area contributed by atoms with Crippen molar-refractivity contribution in [2.45, 2.75) is 38.3 Å². The first kappa shape index (κ1) is 16.7. The van der Waals surface area contributed by atoms with Crippen LogP contribution in [0, 0.1) is 5.92 Å². The molecule has 1 heterocycles. The summed E-state index contributed by atoms with van der Waals surface area (Å²) in [5.74, 6) is 0.857. The molecule has 2 atom stereocenters. The number of carbonyl (C=O) groups is 1. The molecule has 0 aromatic carbocycles. The van der Waals surface area contributed by atoms with E-state index in [1.807, 2.05) is 6.92 Å². The van der Waals surface area contributed by atoms with E-state index in [1.165, 1.54) is 12.8 Å². The largest absolute Gasteiger partial charge is 0.379 e. The molecule has 112 valence electrons. The molecule has 5 nitrogen and oxygen atoms in total. The number of amides is 1. The predicted molar refractivity (Wildman–Crippen MR) is 75.6 cm³/mol. The fraction of sp³-hybridized carbons (Fsp3) is 0.923. The number of ether oxygens (including phenoxy) is 2. The van der Waals surface area contributed by atoms with Crippen LogP contribution in [0.5, 0.6) is 0 Å². The summed E-state index contributed by atoms with van der Waals surface area (Å²) < 4.78 is 10.9. The predicted octanol–water partition coefficient (Wildman–Crippen LogP) is 0.718. The summed E-state index contributed by atoms with van der Waals surface area (Å²) in [5.41, 5.74) is 0. The third kappa shape index (κ3) is 7.11. The smallest absolute Gasteiger partial charge is 0.234 e. The van der Waals surface area contributed by atoms with Gasteiger partial charge in [-0.25, -0.2) is 0 Å². The molecule has 1 saturated carbocycles. The molecule has 2 rings (SSSR count). The molecule has 6 heteroatoms. The molecule has 0 aromatic heterocycles. The lowest BCUT2D eigenvalue weighted by Gasteiger charge is -2.17. The van der Waals surface area contributed by atoms with Gasteiger partial charge < -0.3 is 20.1 Å². The maximum absolute atomic E-state index is 11.6. The summed E-state index contributed by atoms with van der Waals surface area (Å²) in [6, 6.07) is 0.0563. The minimum Gasteiger partial charge on any atom is -0.379 e. The third-order valence-corrected chi connectivity index (χ3v) is 3.29. The Hall–Kier alpha value is -0.360. The highest BCUT2D eigenvalue weighted by Gasteiger charge is 2.21. The highest BCUT2D eigenvalue weighted by molar-refractivity contribution is 5.85. The number of carbonyl (C=O) groups excluding carboxylic acids is 1. The van der Waals surface area contributed by atoms with E-state index >= 15 is 0 Å². The fourth-order valence-corrected chi connectivity index (χ4v) is 2.00. The SMILES string of the molecule is CC(COC1CCOC1)NC(=O)CNCC1CC1.Cl. The Bertz CT molecular complexity index is 269. The lowest BCUT2D eigenvalue weighted by atomic mass is 10.3. The van der Waals surface area contributed by atoms with Crippen LogP contribution in [0.15, 0.2) is 0 Å². The molecule has 2 unspecified atom stereocenters. The summed E-state index contributed by atoms with van der Waals surface area (Å²) in [6.45, 7) is 5.38. The van der Waals surface area contributed by atoms with Gasteiger partial charge in [0.15, 0.2) is 0 Å². The van der Waals surface area contributed by atoms with Crippen LogP contribution in [0.2, 0.25) is 0 Å².